The quantitative estimate of drug-likeness (QED) is 0.906. The van der Waals surface area contributed by atoms with E-state index in [1.807, 2.05) is 36.4 Å². The lowest BCUT2D eigenvalue weighted by atomic mass is 10.1. The fraction of sp³-hybridized carbons (Fsp3) is 0.333. The third-order valence-electron chi connectivity index (χ3n) is 4.30. The van der Waals surface area contributed by atoms with Crippen LogP contribution in [0, 0.1) is 11.8 Å². The Kier molecular flexibility index (Phi) is 3.10. The van der Waals surface area contributed by atoms with Crippen LogP contribution in [0.3, 0.4) is 0 Å². The van der Waals surface area contributed by atoms with Gasteiger partial charge in [0.2, 0.25) is 11.8 Å². The number of nitrogens with one attached hydrogen (secondary N) is 2. The number of carbonyl (C=O) groups excluding carboxylic acids is 2. The number of anilines is 2. The van der Waals surface area contributed by atoms with Gasteiger partial charge in [0.15, 0.2) is 0 Å². The summed E-state index contributed by atoms with van der Waals surface area (Å²) in [6.07, 6.45) is 3.85. The van der Waals surface area contributed by atoms with Crippen LogP contribution in [0.5, 0.6) is 0 Å². The Morgan fingerprint density at radius 3 is 1.55 bits per heavy atom. The van der Waals surface area contributed by atoms with Crippen LogP contribution in [0.1, 0.15) is 25.7 Å². The zero-order chi connectivity index (χ0) is 15.1. The van der Waals surface area contributed by atoms with Crippen LogP contribution in [-0.2, 0) is 9.59 Å². The summed E-state index contributed by atoms with van der Waals surface area (Å²) in [7, 11) is 0. The third kappa shape index (κ3) is 2.69. The van der Waals surface area contributed by atoms with Gasteiger partial charge in [0, 0.05) is 11.8 Å². The minimum absolute atomic E-state index is 0.0530. The first-order valence-electron chi connectivity index (χ1n) is 7.85. The van der Waals surface area contributed by atoms with Crippen molar-refractivity contribution in [1.29, 1.82) is 0 Å². The fourth-order valence-corrected chi connectivity index (χ4v) is 2.61. The molecule has 0 radical (unpaired) electrons. The van der Waals surface area contributed by atoms with E-state index in [0.29, 0.717) is 11.4 Å². The van der Waals surface area contributed by atoms with E-state index in [-0.39, 0.29) is 23.7 Å². The molecule has 0 saturated heterocycles. The molecule has 0 aromatic heterocycles. The van der Waals surface area contributed by atoms with Gasteiger partial charge in [0.25, 0.3) is 0 Å². The molecule has 2 fully saturated rings. The van der Waals surface area contributed by atoms with Crippen molar-refractivity contribution >= 4 is 34.0 Å². The minimum Gasteiger partial charge on any atom is -0.324 e. The molecule has 2 aromatic rings. The number of benzene rings is 2. The van der Waals surface area contributed by atoms with Gasteiger partial charge in [-0.3, -0.25) is 9.59 Å². The molecular weight excluding hydrogens is 276 g/mol. The Morgan fingerprint density at radius 2 is 1.18 bits per heavy atom. The Labute approximate surface area is 128 Å². The zero-order valence-electron chi connectivity index (χ0n) is 12.3. The van der Waals surface area contributed by atoms with Crippen LogP contribution in [0.15, 0.2) is 36.4 Å². The first kappa shape index (κ1) is 13.3. The molecule has 2 N–H and O–H groups in total. The smallest absolute Gasteiger partial charge is 0.227 e. The van der Waals surface area contributed by atoms with Gasteiger partial charge in [-0.25, -0.2) is 0 Å². The normalized spacial score (nSPS) is 17.3. The highest BCUT2D eigenvalue weighted by Gasteiger charge is 2.32. The highest BCUT2D eigenvalue weighted by atomic mass is 16.2. The van der Waals surface area contributed by atoms with E-state index >= 15 is 0 Å². The highest BCUT2D eigenvalue weighted by molar-refractivity contribution is 6.05. The van der Waals surface area contributed by atoms with Crippen molar-refractivity contribution in [3.63, 3.8) is 0 Å². The first-order chi connectivity index (χ1) is 10.7. The number of carbonyl (C=O) groups is 2. The van der Waals surface area contributed by atoms with E-state index in [9.17, 15) is 9.59 Å². The Balaban J connectivity index is 1.69. The van der Waals surface area contributed by atoms with E-state index in [1.165, 1.54) is 0 Å². The molecular formula is C18H18N2O2. The van der Waals surface area contributed by atoms with Gasteiger partial charge in [-0.05, 0) is 48.6 Å². The van der Waals surface area contributed by atoms with Crippen molar-refractivity contribution in [3.05, 3.63) is 36.4 Å². The summed E-state index contributed by atoms with van der Waals surface area (Å²) in [6, 6.07) is 11.8. The number of hydrogen-bond donors (Lipinski definition) is 2. The molecule has 0 spiro atoms. The Morgan fingerprint density at radius 1 is 0.773 bits per heavy atom. The number of rotatable bonds is 4. The lowest BCUT2D eigenvalue weighted by molar-refractivity contribution is -0.118. The molecule has 22 heavy (non-hydrogen) atoms. The van der Waals surface area contributed by atoms with Crippen LogP contribution in [-0.4, -0.2) is 11.8 Å². The highest BCUT2D eigenvalue weighted by Crippen LogP contribution is 2.35. The molecule has 2 saturated carbocycles. The van der Waals surface area contributed by atoms with Crippen LogP contribution in [0.2, 0.25) is 0 Å². The van der Waals surface area contributed by atoms with Gasteiger partial charge >= 0.3 is 0 Å². The van der Waals surface area contributed by atoms with E-state index in [1.54, 1.807) is 0 Å². The van der Waals surface area contributed by atoms with Gasteiger partial charge in [-0.2, -0.15) is 0 Å². The molecule has 0 aliphatic heterocycles. The second-order valence-electron chi connectivity index (χ2n) is 6.27. The first-order valence-corrected chi connectivity index (χ1v) is 7.85. The van der Waals surface area contributed by atoms with E-state index in [4.69, 9.17) is 0 Å². The predicted octanol–water partition coefficient (Wildman–Crippen LogP) is 3.54. The molecule has 0 atom stereocenters. The number of fused-ring (bicyclic) bond motifs is 1. The van der Waals surface area contributed by atoms with E-state index in [0.717, 1.165) is 36.5 Å². The summed E-state index contributed by atoms with van der Waals surface area (Å²) < 4.78 is 0. The van der Waals surface area contributed by atoms with Crippen molar-refractivity contribution < 1.29 is 9.59 Å². The van der Waals surface area contributed by atoms with Crippen molar-refractivity contribution in [2.45, 2.75) is 25.7 Å². The van der Waals surface area contributed by atoms with Crippen LogP contribution < -0.4 is 10.6 Å². The second kappa shape index (κ2) is 5.13. The molecule has 0 heterocycles. The maximum atomic E-state index is 12.1. The summed E-state index contributed by atoms with van der Waals surface area (Å²) in [4.78, 5) is 24.1. The minimum atomic E-state index is 0.0530. The molecule has 0 unspecified atom stereocenters. The number of amides is 2. The Bertz CT molecular complexity index is 696. The van der Waals surface area contributed by atoms with Crippen LogP contribution >= 0.6 is 0 Å². The average Bonchev–Trinajstić information content (AvgIpc) is 3.40. The van der Waals surface area contributed by atoms with E-state index in [2.05, 4.69) is 10.6 Å². The van der Waals surface area contributed by atoms with Gasteiger partial charge in [0.05, 0.1) is 11.4 Å². The van der Waals surface area contributed by atoms with E-state index < -0.39 is 0 Å². The molecule has 4 rings (SSSR count). The van der Waals surface area contributed by atoms with Gasteiger partial charge < -0.3 is 10.6 Å². The SMILES string of the molecule is O=C(Nc1cc2ccccc2cc1NC(=O)C1CC1)C1CC1. The van der Waals surface area contributed by atoms with Gasteiger partial charge in [-0.15, -0.1) is 0 Å². The number of hydrogen-bond acceptors (Lipinski definition) is 2. The monoisotopic (exact) mass is 294 g/mol. The molecule has 2 aliphatic rings. The zero-order valence-corrected chi connectivity index (χ0v) is 12.3. The topological polar surface area (TPSA) is 58.2 Å². The summed E-state index contributed by atoms with van der Waals surface area (Å²) in [5, 5.41) is 8.06. The van der Waals surface area contributed by atoms with Crippen LogP contribution in [0.25, 0.3) is 10.8 Å². The summed E-state index contributed by atoms with van der Waals surface area (Å²) in [6.45, 7) is 0. The summed E-state index contributed by atoms with van der Waals surface area (Å²) in [5.74, 6) is 0.381. The molecule has 2 amide bonds. The van der Waals surface area contributed by atoms with Crippen molar-refractivity contribution in [2.75, 3.05) is 10.6 Å². The second-order valence-corrected chi connectivity index (χ2v) is 6.27. The average molecular weight is 294 g/mol. The molecule has 112 valence electrons. The maximum Gasteiger partial charge on any atom is 0.227 e. The molecule has 2 aromatic carbocycles. The van der Waals surface area contributed by atoms with Crippen molar-refractivity contribution in [3.8, 4) is 0 Å². The lowest BCUT2D eigenvalue weighted by Crippen LogP contribution is -2.18. The summed E-state index contributed by atoms with van der Waals surface area (Å²) >= 11 is 0. The molecule has 4 nitrogen and oxygen atoms in total. The Hall–Kier alpha value is -2.36. The third-order valence-corrected chi connectivity index (χ3v) is 4.30. The largest absolute Gasteiger partial charge is 0.324 e. The fourth-order valence-electron chi connectivity index (χ4n) is 2.61. The van der Waals surface area contributed by atoms with Crippen LogP contribution in [0.4, 0.5) is 11.4 Å². The molecule has 0 bridgehead atoms. The predicted molar refractivity (Wildman–Crippen MR) is 86.7 cm³/mol. The van der Waals surface area contributed by atoms with Gasteiger partial charge in [0.1, 0.15) is 0 Å². The van der Waals surface area contributed by atoms with Gasteiger partial charge in [-0.1, -0.05) is 24.3 Å². The molecule has 4 heteroatoms. The lowest BCUT2D eigenvalue weighted by Gasteiger charge is -2.14. The standard InChI is InChI=1S/C18H18N2O2/c21-17(11-5-6-11)19-15-9-13-3-1-2-4-14(13)10-16(15)20-18(22)12-7-8-12/h1-4,9-12H,5-8H2,(H,19,21)(H,20,22). The summed E-state index contributed by atoms with van der Waals surface area (Å²) in [5.41, 5.74) is 1.40. The molecule has 2 aliphatic carbocycles. The van der Waals surface area contributed by atoms with Crippen molar-refractivity contribution in [1.82, 2.24) is 0 Å². The maximum absolute atomic E-state index is 12.1. The van der Waals surface area contributed by atoms with Crippen molar-refractivity contribution in [2.24, 2.45) is 11.8 Å².